The van der Waals surface area contributed by atoms with Crippen molar-refractivity contribution < 1.29 is 4.79 Å². The van der Waals surface area contributed by atoms with Gasteiger partial charge in [-0.15, -0.1) is 11.3 Å². The number of amides is 1. The summed E-state index contributed by atoms with van der Waals surface area (Å²) in [7, 11) is 0. The molecule has 0 unspecified atom stereocenters. The summed E-state index contributed by atoms with van der Waals surface area (Å²) in [5, 5.41) is 4.00. The monoisotopic (exact) mass is 286 g/mol. The standard InChI is InChI=1S/C16H18N2OS/c1-11-6-8-12(9-7-11)16-17-10-14(20-16)15(19)18-13-4-2-3-5-13/h6-10,13H,2-5H2,1H3,(H,18,19). The lowest BCUT2D eigenvalue weighted by Gasteiger charge is -2.09. The first-order chi connectivity index (χ1) is 9.72. The van der Waals surface area contributed by atoms with Crippen LogP contribution in [0.5, 0.6) is 0 Å². The van der Waals surface area contributed by atoms with Gasteiger partial charge in [-0.1, -0.05) is 42.7 Å². The second kappa shape index (κ2) is 5.75. The summed E-state index contributed by atoms with van der Waals surface area (Å²) in [4.78, 5) is 17.2. The normalized spacial score (nSPS) is 15.4. The van der Waals surface area contributed by atoms with Gasteiger partial charge in [-0.2, -0.15) is 0 Å². The molecular weight excluding hydrogens is 268 g/mol. The van der Waals surface area contributed by atoms with Crippen LogP contribution < -0.4 is 5.32 Å². The second-order valence-electron chi connectivity index (χ2n) is 5.35. The lowest BCUT2D eigenvalue weighted by atomic mass is 10.2. The highest BCUT2D eigenvalue weighted by molar-refractivity contribution is 7.16. The second-order valence-corrected chi connectivity index (χ2v) is 6.38. The minimum atomic E-state index is 0.0211. The molecule has 1 aromatic carbocycles. The maximum atomic E-state index is 12.2. The largest absolute Gasteiger partial charge is 0.349 e. The van der Waals surface area contributed by atoms with Crippen molar-refractivity contribution in [1.29, 1.82) is 0 Å². The molecule has 3 nitrogen and oxygen atoms in total. The maximum absolute atomic E-state index is 12.2. The first-order valence-corrected chi connectivity index (χ1v) is 7.88. The van der Waals surface area contributed by atoms with Crippen molar-refractivity contribution in [1.82, 2.24) is 10.3 Å². The van der Waals surface area contributed by atoms with Gasteiger partial charge in [0, 0.05) is 11.6 Å². The molecule has 1 aliphatic carbocycles. The molecule has 2 aromatic rings. The van der Waals surface area contributed by atoms with Crippen molar-refractivity contribution in [3.63, 3.8) is 0 Å². The Kier molecular flexibility index (Phi) is 3.83. The Labute approximate surface area is 123 Å². The molecule has 0 spiro atoms. The number of carbonyl (C=O) groups is 1. The van der Waals surface area contributed by atoms with Crippen molar-refractivity contribution in [2.24, 2.45) is 0 Å². The molecule has 20 heavy (non-hydrogen) atoms. The minimum absolute atomic E-state index is 0.0211. The zero-order valence-corrected chi connectivity index (χ0v) is 12.4. The molecule has 104 valence electrons. The minimum Gasteiger partial charge on any atom is -0.349 e. The van der Waals surface area contributed by atoms with Gasteiger partial charge in [-0.05, 0) is 19.8 Å². The Morgan fingerprint density at radius 2 is 1.95 bits per heavy atom. The number of benzene rings is 1. The summed E-state index contributed by atoms with van der Waals surface area (Å²) in [6.45, 7) is 2.06. The highest BCUT2D eigenvalue weighted by Gasteiger charge is 2.19. The number of aryl methyl sites for hydroxylation is 1. The number of nitrogens with one attached hydrogen (secondary N) is 1. The number of hydrogen-bond donors (Lipinski definition) is 1. The number of thiazole rings is 1. The van der Waals surface area contributed by atoms with Crippen LogP contribution in [0, 0.1) is 6.92 Å². The van der Waals surface area contributed by atoms with E-state index >= 15 is 0 Å². The van der Waals surface area contributed by atoms with E-state index in [1.165, 1.54) is 29.7 Å². The number of hydrogen-bond acceptors (Lipinski definition) is 3. The van der Waals surface area contributed by atoms with Gasteiger partial charge in [0.25, 0.3) is 5.91 Å². The zero-order chi connectivity index (χ0) is 13.9. The highest BCUT2D eigenvalue weighted by atomic mass is 32.1. The van der Waals surface area contributed by atoms with E-state index in [0.29, 0.717) is 10.9 Å². The van der Waals surface area contributed by atoms with Crippen molar-refractivity contribution in [3.8, 4) is 10.6 Å². The lowest BCUT2D eigenvalue weighted by molar-refractivity contribution is 0.0942. The summed E-state index contributed by atoms with van der Waals surface area (Å²) >= 11 is 1.46. The average molecular weight is 286 g/mol. The smallest absolute Gasteiger partial charge is 0.263 e. The Balaban J connectivity index is 1.72. The molecule has 3 rings (SSSR count). The third-order valence-corrected chi connectivity index (χ3v) is 4.76. The summed E-state index contributed by atoms with van der Waals surface area (Å²) in [5.41, 5.74) is 2.30. The van der Waals surface area contributed by atoms with E-state index in [2.05, 4.69) is 29.4 Å². The van der Waals surface area contributed by atoms with E-state index < -0.39 is 0 Å². The predicted octanol–water partition coefficient (Wildman–Crippen LogP) is 3.79. The van der Waals surface area contributed by atoms with Crippen LogP contribution in [-0.2, 0) is 0 Å². The third-order valence-electron chi connectivity index (χ3n) is 3.72. The molecule has 0 atom stereocenters. The van der Waals surface area contributed by atoms with Crippen LogP contribution in [0.4, 0.5) is 0 Å². The van der Waals surface area contributed by atoms with Gasteiger partial charge in [-0.25, -0.2) is 4.98 Å². The summed E-state index contributed by atoms with van der Waals surface area (Å²) in [5.74, 6) is 0.0211. The number of aromatic nitrogens is 1. The Hall–Kier alpha value is -1.68. The molecule has 1 amide bonds. The number of nitrogens with zero attached hydrogens (tertiary/aromatic N) is 1. The van der Waals surface area contributed by atoms with Gasteiger partial charge >= 0.3 is 0 Å². The van der Waals surface area contributed by atoms with E-state index in [4.69, 9.17) is 0 Å². The predicted molar refractivity (Wildman–Crippen MR) is 82.0 cm³/mol. The van der Waals surface area contributed by atoms with Gasteiger partial charge in [0.15, 0.2) is 0 Å². The Bertz CT molecular complexity index is 597. The molecule has 1 N–H and O–H groups in total. The topological polar surface area (TPSA) is 42.0 Å². The van der Waals surface area contributed by atoms with Crippen LogP contribution in [-0.4, -0.2) is 16.9 Å². The quantitative estimate of drug-likeness (QED) is 0.932. The van der Waals surface area contributed by atoms with E-state index in [1.807, 2.05) is 12.1 Å². The van der Waals surface area contributed by atoms with Crippen molar-refractivity contribution in [3.05, 3.63) is 40.9 Å². The molecule has 0 radical (unpaired) electrons. The van der Waals surface area contributed by atoms with Crippen molar-refractivity contribution in [2.45, 2.75) is 38.6 Å². The highest BCUT2D eigenvalue weighted by Crippen LogP contribution is 2.26. The molecule has 1 saturated carbocycles. The molecule has 4 heteroatoms. The first kappa shape index (κ1) is 13.3. The number of carbonyl (C=O) groups excluding carboxylic acids is 1. The lowest BCUT2D eigenvalue weighted by Crippen LogP contribution is -2.31. The molecule has 0 bridgehead atoms. The Morgan fingerprint density at radius 1 is 1.25 bits per heavy atom. The fourth-order valence-corrected chi connectivity index (χ4v) is 3.36. The van der Waals surface area contributed by atoms with E-state index in [-0.39, 0.29) is 5.91 Å². The van der Waals surface area contributed by atoms with Crippen LogP contribution >= 0.6 is 11.3 Å². The number of rotatable bonds is 3. The van der Waals surface area contributed by atoms with Gasteiger partial charge in [-0.3, -0.25) is 4.79 Å². The van der Waals surface area contributed by atoms with Crippen LogP contribution in [0.2, 0.25) is 0 Å². The van der Waals surface area contributed by atoms with Crippen molar-refractivity contribution >= 4 is 17.2 Å². The molecule has 1 fully saturated rings. The maximum Gasteiger partial charge on any atom is 0.263 e. The van der Waals surface area contributed by atoms with Crippen LogP contribution in [0.1, 0.15) is 40.9 Å². The first-order valence-electron chi connectivity index (χ1n) is 7.06. The third kappa shape index (κ3) is 2.90. The van der Waals surface area contributed by atoms with E-state index in [9.17, 15) is 4.79 Å². The van der Waals surface area contributed by atoms with Crippen molar-refractivity contribution in [2.75, 3.05) is 0 Å². The fraction of sp³-hybridized carbons (Fsp3) is 0.375. The fourth-order valence-electron chi connectivity index (χ4n) is 2.54. The van der Waals surface area contributed by atoms with E-state index in [0.717, 1.165) is 23.4 Å². The molecule has 0 saturated heterocycles. The molecular formula is C16H18N2OS. The summed E-state index contributed by atoms with van der Waals surface area (Å²) in [6, 6.07) is 8.58. The SMILES string of the molecule is Cc1ccc(-c2ncc(C(=O)NC3CCCC3)s2)cc1. The van der Waals surface area contributed by atoms with Gasteiger partial charge in [0.2, 0.25) is 0 Å². The summed E-state index contributed by atoms with van der Waals surface area (Å²) < 4.78 is 0. The van der Waals surface area contributed by atoms with Crippen LogP contribution in [0.3, 0.4) is 0 Å². The van der Waals surface area contributed by atoms with Gasteiger partial charge in [0.1, 0.15) is 9.88 Å². The van der Waals surface area contributed by atoms with Crippen LogP contribution in [0.15, 0.2) is 30.5 Å². The zero-order valence-electron chi connectivity index (χ0n) is 11.6. The molecule has 1 heterocycles. The summed E-state index contributed by atoms with van der Waals surface area (Å²) in [6.07, 6.45) is 6.35. The van der Waals surface area contributed by atoms with Crippen LogP contribution in [0.25, 0.3) is 10.6 Å². The molecule has 1 aromatic heterocycles. The van der Waals surface area contributed by atoms with Gasteiger partial charge in [0.05, 0.1) is 6.20 Å². The average Bonchev–Trinajstić information content (AvgIpc) is 3.10. The van der Waals surface area contributed by atoms with Gasteiger partial charge < -0.3 is 5.32 Å². The molecule has 1 aliphatic rings. The molecule has 0 aliphatic heterocycles. The van der Waals surface area contributed by atoms with E-state index in [1.54, 1.807) is 6.20 Å². The Morgan fingerprint density at radius 3 is 2.65 bits per heavy atom.